The molecule has 1 aliphatic heterocycles. The fraction of sp³-hybridized carbons (Fsp3) is 0.0253. The van der Waals surface area contributed by atoms with E-state index in [0.717, 1.165) is 61.8 Å². The molecular weight excluding hydrogens is 991 g/mol. The first-order chi connectivity index (χ1) is 40.6. The average Bonchev–Trinajstić information content (AvgIpc) is 2.91. The van der Waals surface area contributed by atoms with Gasteiger partial charge in [-0.2, -0.15) is 0 Å². The Bertz CT molecular complexity index is 4490. The molecule has 0 atom stereocenters. The molecule has 1 spiro atoms. The molecular formula is C79H53N3. The fourth-order valence-corrected chi connectivity index (χ4v) is 14.5. The van der Waals surface area contributed by atoms with E-state index in [9.17, 15) is 5.41 Å². The molecule has 12 aromatic rings. The van der Waals surface area contributed by atoms with Gasteiger partial charge < -0.3 is 10.2 Å². The quantitative estimate of drug-likeness (QED) is 0.141. The first kappa shape index (κ1) is 47.4. The molecule has 3 heteroatoms. The Morgan fingerprint density at radius 3 is 1.35 bits per heavy atom. The van der Waals surface area contributed by atoms with Gasteiger partial charge in [0.25, 0.3) is 0 Å². The molecule has 2 N–H and O–H groups in total. The third-order valence-corrected chi connectivity index (χ3v) is 17.8. The summed E-state index contributed by atoms with van der Waals surface area (Å²) < 4.78 is 0. The second kappa shape index (κ2) is 18.8. The van der Waals surface area contributed by atoms with Gasteiger partial charge in [-0.25, -0.2) is 0 Å². The highest BCUT2D eigenvalue weighted by Crippen LogP contribution is 2.64. The summed E-state index contributed by atoms with van der Waals surface area (Å²) in [6, 6.07) is 111. The van der Waals surface area contributed by atoms with Crippen molar-refractivity contribution in [1.29, 1.82) is 5.41 Å². The van der Waals surface area contributed by atoms with E-state index in [0.29, 0.717) is 5.71 Å². The van der Waals surface area contributed by atoms with Gasteiger partial charge in [0, 0.05) is 39.3 Å². The summed E-state index contributed by atoms with van der Waals surface area (Å²) in [4.78, 5) is 2.54. The summed E-state index contributed by atoms with van der Waals surface area (Å²) >= 11 is 0. The van der Waals surface area contributed by atoms with Crippen LogP contribution < -0.4 is 10.2 Å². The van der Waals surface area contributed by atoms with E-state index < -0.39 is 10.8 Å². The molecule has 12 aromatic carbocycles. The molecule has 3 nitrogen and oxygen atoms in total. The number of nitrogens with zero attached hydrogens (tertiary/aromatic N) is 1. The minimum Gasteiger partial charge on any atom is -0.354 e. The van der Waals surface area contributed by atoms with Crippen molar-refractivity contribution in [3.63, 3.8) is 0 Å². The molecule has 384 valence electrons. The Labute approximate surface area is 478 Å². The first-order valence-corrected chi connectivity index (χ1v) is 28.3. The molecule has 0 amide bonds. The van der Waals surface area contributed by atoms with E-state index in [1.807, 2.05) is 36.4 Å². The SMILES string of the molecule is N=C(/C(=C1\NC(c2ccccc2)=Cc2cc(N(c3ccc4c(c3)C3(c5ccccc5-c5ccccc53)c3ccccc3-4)c3cccc4c3-c3ccccc3C4(c3ccccc3)c3ccccc3)ccc21)c1ccccc1)c1ccccc1. The predicted octanol–water partition coefficient (Wildman–Crippen LogP) is 18.9. The molecule has 16 rings (SSSR count). The number of hydrogen-bond acceptors (Lipinski definition) is 3. The van der Waals surface area contributed by atoms with Crippen LogP contribution in [0.4, 0.5) is 17.1 Å². The third kappa shape index (κ3) is 6.87. The third-order valence-electron chi connectivity index (χ3n) is 17.8. The highest BCUT2D eigenvalue weighted by Gasteiger charge is 2.52. The van der Waals surface area contributed by atoms with Crippen LogP contribution in [0.1, 0.15) is 72.3 Å². The van der Waals surface area contributed by atoms with E-state index >= 15 is 0 Å². The monoisotopic (exact) mass is 1040 g/mol. The number of fused-ring (bicyclic) bond motifs is 14. The van der Waals surface area contributed by atoms with Crippen molar-refractivity contribution in [2.45, 2.75) is 10.8 Å². The Morgan fingerprint density at radius 1 is 0.341 bits per heavy atom. The van der Waals surface area contributed by atoms with E-state index in [4.69, 9.17) is 0 Å². The molecule has 0 radical (unpaired) electrons. The van der Waals surface area contributed by atoms with Crippen LogP contribution >= 0.6 is 0 Å². The molecule has 0 bridgehead atoms. The normalized spacial score (nSPS) is 14.7. The first-order valence-electron chi connectivity index (χ1n) is 28.3. The van der Waals surface area contributed by atoms with E-state index in [1.54, 1.807) is 0 Å². The Hall–Kier alpha value is -10.6. The van der Waals surface area contributed by atoms with Gasteiger partial charge in [0.05, 0.1) is 27.9 Å². The van der Waals surface area contributed by atoms with Crippen molar-refractivity contribution in [2.24, 2.45) is 0 Å². The van der Waals surface area contributed by atoms with Gasteiger partial charge in [-0.1, -0.05) is 273 Å². The highest BCUT2D eigenvalue weighted by molar-refractivity contribution is 6.36. The van der Waals surface area contributed by atoms with Crippen molar-refractivity contribution in [3.05, 3.63) is 376 Å². The Morgan fingerprint density at radius 2 is 0.780 bits per heavy atom. The summed E-state index contributed by atoms with van der Waals surface area (Å²) in [6.45, 7) is 0. The van der Waals surface area contributed by atoms with Crippen molar-refractivity contribution >= 4 is 45.8 Å². The lowest BCUT2D eigenvalue weighted by atomic mass is 9.68. The number of rotatable bonds is 9. The van der Waals surface area contributed by atoms with Crippen LogP contribution in [0.2, 0.25) is 0 Å². The van der Waals surface area contributed by atoms with Crippen LogP contribution in [0.3, 0.4) is 0 Å². The second-order valence-electron chi connectivity index (χ2n) is 21.9. The van der Waals surface area contributed by atoms with Crippen LogP contribution in [-0.4, -0.2) is 5.71 Å². The number of nitrogens with one attached hydrogen (secondary N) is 2. The highest BCUT2D eigenvalue weighted by atomic mass is 15.1. The van der Waals surface area contributed by atoms with Crippen molar-refractivity contribution in [3.8, 4) is 33.4 Å². The summed E-state index contributed by atoms with van der Waals surface area (Å²) in [5, 5.41) is 14.0. The minimum absolute atomic E-state index is 0.447. The molecule has 82 heavy (non-hydrogen) atoms. The number of benzene rings is 12. The largest absolute Gasteiger partial charge is 0.354 e. The molecule has 4 aliphatic rings. The molecule has 0 fully saturated rings. The lowest BCUT2D eigenvalue weighted by molar-refractivity contribution is 0.768. The molecule has 0 unspecified atom stereocenters. The van der Waals surface area contributed by atoms with Gasteiger partial charge in [0.2, 0.25) is 0 Å². The minimum atomic E-state index is -0.609. The standard InChI is InChI=1S/C79H53N3/c80-76(54-29-10-3-11-30-54)74(53-27-8-2-9-28-53)77-60-47-45-58(49-55(60)50-72(81-77)52-25-6-1-7-26-52)82(73-44-24-43-70-75(73)65-38-19-23-42-69(65)78(70,56-31-12-4-13-32-56)57-33-14-5-15-34-57)59-46-48-64-63-37-18-22-41-68(63)79(71(64)51-59)66-39-20-16-35-61(66)62-36-17-21-40-67(62)79/h1-51,80-81H/b77-74-,80-76?. The predicted molar refractivity (Wildman–Crippen MR) is 339 cm³/mol. The second-order valence-corrected chi connectivity index (χ2v) is 21.9. The maximum absolute atomic E-state index is 10.0. The summed E-state index contributed by atoms with van der Waals surface area (Å²) in [7, 11) is 0. The van der Waals surface area contributed by atoms with Gasteiger partial charge in [-0.15, -0.1) is 0 Å². The van der Waals surface area contributed by atoms with Gasteiger partial charge in [-0.05, 0) is 125 Å². The van der Waals surface area contributed by atoms with Gasteiger partial charge >= 0.3 is 0 Å². The zero-order valence-electron chi connectivity index (χ0n) is 44.9. The summed E-state index contributed by atoms with van der Waals surface area (Å²) in [5.74, 6) is 0. The number of anilines is 3. The van der Waals surface area contributed by atoms with Crippen LogP contribution in [0.25, 0.3) is 56.4 Å². The van der Waals surface area contributed by atoms with Crippen LogP contribution in [0.15, 0.2) is 303 Å². The maximum Gasteiger partial charge on any atom is 0.0726 e. The smallest absolute Gasteiger partial charge is 0.0726 e. The molecule has 1 heterocycles. The zero-order valence-corrected chi connectivity index (χ0v) is 44.9. The average molecular weight is 1040 g/mol. The van der Waals surface area contributed by atoms with Crippen molar-refractivity contribution < 1.29 is 0 Å². The molecule has 0 saturated carbocycles. The molecule has 3 aliphatic carbocycles. The van der Waals surface area contributed by atoms with Crippen molar-refractivity contribution in [2.75, 3.05) is 4.90 Å². The fourth-order valence-electron chi connectivity index (χ4n) is 14.5. The van der Waals surface area contributed by atoms with E-state index in [1.165, 1.54) is 77.9 Å². The van der Waals surface area contributed by atoms with E-state index in [2.05, 4.69) is 283 Å². The van der Waals surface area contributed by atoms with Gasteiger partial charge in [0.1, 0.15) is 0 Å². The Kier molecular flexibility index (Phi) is 10.8. The lowest BCUT2D eigenvalue weighted by Crippen LogP contribution is -2.28. The number of hydrogen-bond donors (Lipinski definition) is 2. The number of allylic oxidation sites excluding steroid dienone is 1. The maximum atomic E-state index is 10.0. The van der Waals surface area contributed by atoms with Crippen LogP contribution in [0, 0.1) is 5.41 Å². The zero-order chi connectivity index (χ0) is 54.4. The van der Waals surface area contributed by atoms with E-state index in [-0.39, 0.29) is 0 Å². The summed E-state index contributed by atoms with van der Waals surface area (Å²) in [5.41, 5.74) is 27.7. The van der Waals surface area contributed by atoms with Crippen LogP contribution in [0.5, 0.6) is 0 Å². The van der Waals surface area contributed by atoms with Crippen molar-refractivity contribution in [1.82, 2.24) is 5.32 Å². The van der Waals surface area contributed by atoms with Gasteiger partial charge in [0.15, 0.2) is 0 Å². The topological polar surface area (TPSA) is 39.1 Å². The molecule has 0 saturated heterocycles. The van der Waals surface area contributed by atoms with Crippen LogP contribution in [-0.2, 0) is 10.8 Å². The molecule has 0 aromatic heterocycles. The van der Waals surface area contributed by atoms with Gasteiger partial charge in [-0.3, -0.25) is 5.41 Å². The Balaban J connectivity index is 0.997. The summed E-state index contributed by atoms with van der Waals surface area (Å²) in [6.07, 6.45) is 2.30. The lowest BCUT2D eigenvalue weighted by Gasteiger charge is -2.35.